The summed E-state index contributed by atoms with van der Waals surface area (Å²) in [6, 6.07) is 4.41. The zero-order chi connectivity index (χ0) is 14.1. The predicted octanol–water partition coefficient (Wildman–Crippen LogP) is 3.36. The number of nitrogens with zero attached hydrogens (tertiary/aromatic N) is 1. The van der Waals surface area contributed by atoms with Crippen molar-refractivity contribution in [2.45, 2.75) is 40.0 Å². The number of nitrogens with one attached hydrogen (secondary N) is 2. The zero-order valence-electron chi connectivity index (χ0n) is 12.8. The summed E-state index contributed by atoms with van der Waals surface area (Å²) in [6.07, 6.45) is 3.72. The van der Waals surface area contributed by atoms with E-state index < -0.39 is 0 Å². The molecule has 2 atom stereocenters. The molecule has 3 heteroatoms. The van der Waals surface area contributed by atoms with Crippen LogP contribution in [0.3, 0.4) is 0 Å². The fraction of sp³-hybridized carbons (Fsp3) is 0.588. The van der Waals surface area contributed by atoms with E-state index >= 15 is 0 Å². The van der Waals surface area contributed by atoms with Crippen LogP contribution in [0.2, 0.25) is 0 Å². The fourth-order valence-corrected chi connectivity index (χ4v) is 3.45. The summed E-state index contributed by atoms with van der Waals surface area (Å²) in [5.41, 5.74) is 4.90. The third-order valence-electron chi connectivity index (χ3n) is 4.63. The van der Waals surface area contributed by atoms with Crippen molar-refractivity contribution in [2.75, 3.05) is 13.1 Å². The molecule has 0 spiro atoms. The van der Waals surface area contributed by atoms with Gasteiger partial charge in [-0.1, -0.05) is 13.0 Å². The summed E-state index contributed by atoms with van der Waals surface area (Å²) in [5, 5.41) is 3.51. The quantitative estimate of drug-likeness (QED) is 0.898. The molecular formula is C17H25N3. The lowest BCUT2D eigenvalue weighted by molar-refractivity contribution is 0.276. The number of benzene rings is 1. The van der Waals surface area contributed by atoms with Gasteiger partial charge in [-0.3, -0.25) is 0 Å². The van der Waals surface area contributed by atoms with E-state index in [-0.39, 0.29) is 0 Å². The Balaban J connectivity index is 1.78. The smallest absolute Gasteiger partial charge is 0.107 e. The molecule has 1 fully saturated rings. The van der Waals surface area contributed by atoms with Gasteiger partial charge in [0.05, 0.1) is 11.0 Å². The van der Waals surface area contributed by atoms with Crippen molar-refractivity contribution >= 4 is 11.0 Å². The minimum Gasteiger partial charge on any atom is -0.342 e. The maximum Gasteiger partial charge on any atom is 0.107 e. The van der Waals surface area contributed by atoms with E-state index in [0.717, 1.165) is 23.7 Å². The summed E-state index contributed by atoms with van der Waals surface area (Å²) in [4.78, 5) is 8.33. The topological polar surface area (TPSA) is 40.7 Å². The minimum absolute atomic E-state index is 0.685. The molecule has 0 aliphatic carbocycles. The predicted molar refractivity (Wildman–Crippen MR) is 84.0 cm³/mol. The molecule has 1 aromatic carbocycles. The number of aromatic amines is 1. The van der Waals surface area contributed by atoms with Gasteiger partial charge in [0.15, 0.2) is 0 Å². The van der Waals surface area contributed by atoms with Crippen LogP contribution in [0.25, 0.3) is 11.0 Å². The molecule has 0 saturated carbocycles. The van der Waals surface area contributed by atoms with Gasteiger partial charge < -0.3 is 10.3 Å². The first kappa shape index (κ1) is 13.6. The van der Waals surface area contributed by atoms with Crippen molar-refractivity contribution in [3.8, 4) is 0 Å². The van der Waals surface area contributed by atoms with Crippen molar-refractivity contribution in [3.05, 3.63) is 29.1 Å². The molecule has 108 valence electrons. The van der Waals surface area contributed by atoms with Gasteiger partial charge in [0, 0.05) is 6.42 Å². The molecule has 1 saturated heterocycles. The highest BCUT2D eigenvalue weighted by Crippen LogP contribution is 2.24. The summed E-state index contributed by atoms with van der Waals surface area (Å²) in [7, 11) is 0. The number of rotatable bonds is 3. The van der Waals surface area contributed by atoms with E-state index in [4.69, 9.17) is 4.98 Å². The van der Waals surface area contributed by atoms with Gasteiger partial charge in [-0.15, -0.1) is 0 Å². The first-order valence-corrected chi connectivity index (χ1v) is 7.80. The summed E-state index contributed by atoms with van der Waals surface area (Å²) in [5.74, 6) is 2.62. The van der Waals surface area contributed by atoms with Crippen LogP contribution in [-0.2, 0) is 6.42 Å². The second-order valence-corrected chi connectivity index (χ2v) is 6.45. The number of H-pyrrole nitrogens is 1. The molecule has 3 rings (SSSR count). The largest absolute Gasteiger partial charge is 0.342 e. The molecule has 0 amide bonds. The molecule has 0 radical (unpaired) electrons. The molecule has 2 N–H and O–H groups in total. The summed E-state index contributed by atoms with van der Waals surface area (Å²) < 4.78 is 0. The number of piperidine rings is 1. The Labute approximate surface area is 121 Å². The number of hydrogen-bond donors (Lipinski definition) is 2. The first-order valence-electron chi connectivity index (χ1n) is 7.80. The average molecular weight is 271 g/mol. The molecule has 1 aromatic heterocycles. The van der Waals surface area contributed by atoms with Crippen LogP contribution in [0.15, 0.2) is 12.1 Å². The van der Waals surface area contributed by atoms with Gasteiger partial charge in [-0.2, -0.15) is 0 Å². The van der Waals surface area contributed by atoms with Crippen LogP contribution in [0.4, 0.5) is 0 Å². The second-order valence-electron chi connectivity index (χ2n) is 6.45. The molecule has 1 aliphatic rings. The summed E-state index contributed by atoms with van der Waals surface area (Å²) in [6.45, 7) is 9.01. The van der Waals surface area contributed by atoms with Gasteiger partial charge in [-0.05, 0) is 68.8 Å². The van der Waals surface area contributed by atoms with Gasteiger partial charge >= 0.3 is 0 Å². The van der Waals surface area contributed by atoms with E-state index in [0.29, 0.717) is 5.92 Å². The van der Waals surface area contributed by atoms with E-state index in [9.17, 15) is 0 Å². The lowest BCUT2D eigenvalue weighted by atomic mass is 9.85. The van der Waals surface area contributed by atoms with Crippen LogP contribution < -0.4 is 5.32 Å². The minimum atomic E-state index is 0.685. The van der Waals surface area contributed by atoms with E-state index in [2.05, 4.69) is 43.2 Å². The van der Waals surface area contributed by atoms with Crippen LogP contribution in [0.5, 0.6) is 0 Å². The molecule has 0 bridgehead atoms. The van der Waals surface area contributed by atoms with Crippen LogP contribution in [0.1, 0.15) is 36.7 Å². The molecule has 2 heterocycles. The molecule has 2 unspecified atom stereocenters. The number of hydrogen-bond acceptors (Lipinski definition) is 2. The van der Waals surface area contributed by atoms with Crippen LogP contribution >= 0.6 is 0 Å². The highest BCUT2D eigenvalue weighted by atomic mass is 14.9. The first-order chi connectivity index (χ1) is 9.63. The Bertz CT molecular complexity index is 594. The standard InChI is InChI=1S/C17H25N3/c1-11-7-13(3)17-15(8-11)19-16(20-17)9-12(2)14-5-4-6-18-10-14/h7-8,12,14,18H,4-6,9-10H2,1-3H3,(H,19,20). The lowest BCUT2D eigenvalue weighted by Crippen LogP contribution is -2.34. The molecule has 3 nitrogen and oxygen atoms in total. The van der Waals surface area contributed by atoms with Crippen molar-refractivity contribution in [2.24, 2.45) is 11.8 Å². The number of aryl methyl sites for hydroxylation is 2. The van der Waals surface area contributed by atoms with E-state index in [1.54, 1.807) is 0 Å². The SMILES string of the molecule is Cc1cc(C)c2nc(CC(C)C3CCCNC3)[nH]c2c1. The molecule has 20 heavy (non-hydrogen) atoms. The average Bonchev–Trinajstić information content (AvgIpc) is 2.82. The van der Waals surface area contributed by atoms with Crippen molar-refractivity contribution < 1.29 is 0 Å². The Morgan fingerprint density at radius 2 is 2.20 bits per heavy atom. The van der Waals surface area contributed by atoms with Crippen LogP contribution in [-0.4, -0.2) is 23.1 Å². The number of imidazole rings is 1. The second kappa shape index (κ2) is 5.57. The van der Waals surface area contributed by atoms with Crippen molar-refractivity contribution in [3.63, 3.8) is 0 Å². The monoisotopic (exact) mass is 271 g/mol. The Morgan fingerprint density at radius 3 is 2.95 bits per heavy atom. The van der Waals surface area contributed by atoms with Gasteiger partial charge in [0.25, 0.3) is 0 Å². The Kier molecular flexibility index (Phi) is 3.79. The molecular weight excluding hydrogens is 246 g/mol. The lowest BCUT2D eigenvalue weighted by Gasteiger charge is -2.27. The highest BCUT2D eigenvalue weighted by Gasteiger charge is 2.21. The normalized spacial score (nSPS) is 21.2. The molecule has 2 aromatic rings. The van der Waals surface area contributed by atoms with Crippen molar-refractivity contribution in [1.82, 2.24) is 15.3 Å². The van der Waals surface area contributed by atoms with Gasteiger partial charge in [0.2, 0.25) is 0 Å². The maximum atomic E-state index is 4.81. The van der Waals surface area contributed by atoms with Crippen molar-refractivity contribution in [1.29, 1.82) is 0 Å². The Hall–Kier alpha value is -1.35. The number of aromatic nitrogens is 2. The summed E-state index contributed by atoms with van der Waals surface area (Å²) >= 11 is 0. The van der Waals surface area contributed by atoms with E-state index in [1.165, 1.54) is 42.6 Å². The van der Waals surface area contributed by atoms with Gasteiger partial charge in [-0.25, -0.2) is 4.98 Å². The van der Waals surface area contributed by atoms with Crippen LogP contribution in [0, 0.1) is 25.7 Å². The molecule has 1 aliphatic heterocycles. The highest BCUT2D eigenvalue weighted by molar-refractivity contribution is 5.79. The van der Waals surface area contributed by atoms with Gasteiger partial charge in [0.1, 0.15) is 5.82 Å². The fourth-order valence-electron chi connectivity index (χ4n) is 3.45. The maximum absolute atomic E-state index is 4.81. The number of fused-ring (bicyclic) bond motifs is 1. The third kappa shape index (κ3) is 2.73. The Morgan fingerprint density at radius 1 is 1.35 bits per heavy atom. The zero-order valence-corrected chi connectivity index (χ0v) is 12.8. The third-order valence-corrected chi connectivity index (χ3v) is 4.63. The van der Waals surface area contributed by atoms with E-state index in [1.807, 2.05) is 0 Å².